The van der Waals surface area contributed by atoms with Crippen LogP contribution in [0.2, 0.25) is 0 Å². The number of carbonyl (C=O) groups excluding carboxylic acids is 1. The molecular weight excluding hydrogens is 334 g/mol. The molecule has 1 N–H and O–H groups in total. The van der Waals surface area contributed by atoms with Crippen LogP contribution in [0, 0.1) is 6.92 Å². The maximum Gasteiger partial charge on any atom is 0.185 e. The van der Waals surface area contributed by atoms with Crippen LogP contribution in [0.4, 0.5) is 0 Å². The maximum atomic E-state index is 11.6. The first kappa shape index (κ1) is 17.7. The van der Waals surface area contributed by atoms with E-state index in [-0.39, 0.29) is 0 Å². The number of hydrogen-bond acceptors (Lipinski definition) is 3. The summed E-state index contributed by atoms with van der Waals surface area (Å²) in [6.07, 6.45) is 3.92. The lowest BCUT2D eigenvalue weighted by molar-refractivity contribution is 0.110. The van der Waals surface area contributed by atoms with Gasteiger partial charge in [-0.15, -0.1) is 0 Å². The normalized spacial score (nSPS) is 15.0. The predicted molar refractivity (Wildman–Crippen MR) is 108 cm³/mol. The number of aldehydes is 1. The molecular formula is C24H25NO2. The van der Waals surface area contributed by atoms with Crippen LogP contribution in [0.3, 0.4) is 0 Å². The third-order valence-electron chi connectivity index (χ3n) is 5.57. The molecule has 27 heavy (non-hydrogen) atoms. The first-order valence-corrected chi connectivity index (χ1v) is 9.68. The SMILES string of the molecule is Cc1ccc(C2CCNCC2)cc1Cc1cc(-c2ccccc2)oc1C=O. The molecule has 1 aromatic heterocycles. The lowest BCUT2D eigenvalue weighted by Gasteiger charge is -2.24. The van der Waals surface area contributed by atoms with Crippen molar-refractivity contribution < 1.29 is 9.21 Å². The van der Waals surface area contributed by atoms with E-state index >= 15 is 0 Å². The van der Waals surface area contributed by atoms with Crippen LogP contribution in [0.25, 0.3) is 11.3 Å². The number of hydrogen-bond donors (Lipinski definition) is 1. The smallest absolute Gasteiger partial charge is 0.185 e. The number of piperidine rings is 1. The average molecular weight is 359 g/mol. The molecule has 1 aliphatic rings. The summed E-state index contributed by atoms with van der Waals surface area (Å²) in [5.74, 6) is 1.81. The van der Waals surface area contributed by atoms with E-state index in [9.17, 15) is 4.79 Å². The summed E-state index contributed by atoms with van der Waals surface area (Å²) in [4.78, 5) is 11.6. The summed E-state index contributed by atoms with van der Waals surface area (Å²) >= 11 is 0. The fourth-order valence-corrected chi connectivity index (χ4v) is 3.92. The topological polar surface area (TPSA) is 42.2 Å². The highest BCUT2D eigenvalue weighted by Crippen LogP contribution is 2.30. The lowest BCUT2D eigenvalue weighted by Crippen LogP contribution is -2.26. The highest BCUT2D eigenvalue weighted by atomic mass is 16.3. The molecule has 0 amide bonds. The monoisotopic (exact) mass is 359 g/mol. The van der Waals surface area contributed by atoms with Gasteiger partial charge in [-0.1, -0.05) is 48.5 Å². The first-order valence-electron chi connectivity index (χ1n) is 9.68. The molecule has 4 rings (SSSR count). The quantitative estimate of drug-likeness (QED) is 0.643. The number of aryl methyl sites for hydroxylation is 1. The van der Waals surface area contributed by atoms with E-state index in [2.05, 4.69) is 30.4 Å². The molecule has 0 aliphatic carbocycles. The summed E-state index contributed by atoms with van der Waals surface area (Å²) in [6.45, 7) is 4.32. The van der Waals surface area contributed by atoms with Crippen molar-refractivity contribution in [2.45, 2.75) is 32.1 Å². The van der Waals surface area contributed by atoms with Gasteiger partial charge in [-0.05, 0) is 61.5 Å². The molecule has 1 saturated heterocycles. The van der Waals surface area contributed by atoms with Crippen molar-refractivity contribution >= 4 is 6.29 Å². The van der Waals surface area contributed by atoms with E-state index in [0.717, 1.165) is 42.7 Å². The van der Waals surface area contributed by atoms with E-state index in [1.54, 1.807) is 0 Å². The summed E-state index contributed by atoms with van der Waals surface area (Å²) in [6, 6.07) is 18.7. The molecule has 3 aromatic rings. The van der Waals surface area contributed by atoms with E-state index in [1.807, 2.05) is 36.4 Å². The molecule has 2 heterocycles. The van der Waals surface area contributed by atoms with Crippen LogP contribution in [-0.4, -0.2) is 19.4 Å². The number of nitrogens with one attached hydrogen (secondary N) is 1. The van der Waals surface area contributed by atoms with Crippen LogP contribution in [0.1, 0.15) is 51.6 Å². The summed E-state index contributed by atoms with van der Waals surface area (Å²) in [5, 5.41) is 3.43. The Bertz CT molecular complexity index is 921. The van der Waals surface area contributed by atoms with Gasteiger partial charge < -0.3 is 9.73 Å². The molecule has 0 radical (unpaired) electrons. The van der Waals surface area contributed by atoms with Crippen molar-refractivity contribution in [3.05, 3.63) is 82.6 Å². The Balaban J connectivity index is 1.63. The molecule has 0 spiro atoms. The Hall–Kier alpha value is -2.65. The molecule has 138 valence electrons. The second-order valence-electron chi connectivity index (χ2n) is 7.37. The van der Waals surface area contributed by atoms with Crippen LogP contribution < -0.4 is 5.32 Å². The average Bonchev–Trinajstić information content (AvgIpc) is 3.14. The van der Waals surface area contributed by atoms with Gasteiger partial charge in [0.1, 0.15) is 5.76 Å². The van der Waals surface area contributed by atoms with E-state index in [1.165, 1.54) is 29.5 Å². The van der Waals surface area contributed by atoms with Gasteiger partial charge in [0, 0.05) is 17.5 Å². The Morgan fingerprint density at radius 1 is 1.04 bits per heavy atom. The van der Waals surface area contributed by atoms with Crippen molar-refractivity contribution in [1.29, 1.82) is 0 Å². The Morgan fingerprint density at radius 2 is 1.81 bits per heavy atom. The Morgan fingerprint density at radius 3 is 2.56 bits per heavy atom. The first-order chi connectivity index (χ1) is 13.2. The van der Waals surface area contributed by atoms with Gasteiger partial charge in [-0.25, -0.2) is 0 Å². The molecule has 0 atom stereocenters. The van der Waals surface area contributed by atoms with Gasteiger partial charge in [0.15, 0.2) is 12.0 Å². The summed E-state index contributed by atoms with van der Waals surface area (Å²) < 4.78 is 5.83. The van der Waals surface area contributed by atoms with Crippen LogP contribution in [0.15, 0.2) is 59.0 Å². The number of carbonyl (C=O) groups is 1. The molecule has 3 nitrogen and oxygen atoms in total. The van der Waals surface area contributed by atoms with Gasteiger partial charge in [0.2, 0.25) is 0 Å². The molecule has 2 aromatic carbocycles. The highest BCUT2D eigenvalue weighted by Gasteiger charge is 2.18. The van der Waals surface area contributed by atoms with E-state index < -0.39 is 0 Å². The predicted octanol–water partition coefficient (Wildman–Crippen LogP) is 5.13. The fraction of sp³-hybridized carbons (Fsp3) is 0.292. The Kier molecular flexibility index (Phi) is 5.21. The second kappa shape index (κ2) is 7.93. The van der Waals surface area contributed by atoms with Crippen molar-refractivity contribution in [2.24, 2.45) is 0 Å². The van der Waals surface area contributed by atoms with Gasteiger partial charge >= 0.3 is 0 Å². The van der Waals surface area contributed by atoms with E-state index in [4.69, 9.17) is 4.42 Å². The third kappa shape index (κ3) is 3.88. The van der Waals surface area contributed by atoms with Crippen molar-refractivity contribution in [3.8, 4) is 11.3 Å². The van der Waals surface area contributed by atoms with Crippen LogP contribution in [-0.2, 0) is 6.42 Å². The molecule has 1 aliphatic heterocycles. The summed E-state index contributed by atoms with van der Waals surface area (Å²) in [5.41, 5.74) is 5.89. The molecule has 0 bridgehead atoms. The van der Waals surface area contributed by atoms with Crippen LogP contribution >= 0.6 is 0 Å². The minimum atomic E-state index is 0.431. The number of furan rings is 1. The maximum absolute atomic E-state index is 11.6. The second-order valence-corrected chi connectivity index (χ2v) is 7.37. The Labute approximate surface area is 160 Å². The van der Waals surface area contributed by atoms with Crippen molar-refractivity contribution in [3.63, 3.8) is 0 Å². The number of rotatable bonds is 5. The van der Waals surface area contributed by atoms with Gasteiger partial charge in [0.25, 0.3) is 0 Å². The van der Waals surface area contributed by atoms with Crippen molar-refractivity contribution in [1.82, 2.24) is 5.32 Å². The largest absolute Gasteiger partial charge is 0.453 e. The molecule has 0 unspecified atom stereocenters. The molecule has 0 saturated carbocycles. The van der Waals surface area contributed by atoms with Gasteiger partial charge in [-0.2, -0.15) is 0 Å². The van der Waals surface area contributed by atoms with E-state index in [0.29, 0.717) is 11.7 Å². The fourth-order valence-electron chi connectivity index (χ4n) is 3.92. The molecule has 3 heteroatoms. The third-order valence-corrected chi connectivity index (χ3v) is 5.57. The van der Waals surface area contributed by atoms with Gasteiger partial charge in [0.05, 0.1) is 0 Å². The zero-order valence-corrected chi connectivity index (χ0v) is 15.7. The number of benzene rings is 2. The lowest BCUT2D eigenvalue weighted by atomic mass is 9.87. The highest BCUT2D eigenvalue weighted by molar-refractivity contribution is 5.76. The molecule has 1 fully saturated rings. The zero-order valence-electron chi connectivity index (χ0n) is 15.7. The van der Waals surface area contributed by atoms with Gasteiger partial charge in [-0.3, -0.25) is 4.79 Å². The van der Waals surface area contributed by atoms with Crippen LogP contribution in [0.5, 0.6) is 0 Å². The zero-order chi connectivity index (χ0) is 18.6. The minimum absolute atomic E-state index is 0.431. The summed E-state index contributed by atoms with van der Waals surface area (Å²) in [7, 11) is 0. The van der Waals surface area contributed by atoms with Crippen molar-refractivity contribution in [2.75, 3.05) is 13.1 Å². The minimum Gasteiger partial charge on any atom is -0.453 e. The standard InChI is InChI=1S/C24H25NO2/c1-17-7-8-20(18-9-11-25-12-10-18)13-21(17)14-22-15-23(27-24(22)16-26)19-5-3-2-4-6-19/h2-8,13,15-16,18,25H,9-12,14H2,1H3.